The van der Waals surface area contributed by atoms with E-state index in [2.05, 4.69) is 24.1 Å². The summed E-state index contributed by atoms with van der Waals surface area (Å²) >= 11 is 6.44. The fraction of sp³-hybridized carbons (Fsp3) is 0.419. The Morgan fingerprint density at radius 3 is 2.00 bits per heavy atom. The van der Waals surface area contributed by atoms with Crippen molar-refractivity contribution in [3.63, 3.8) is 0 Å². The summed E-state index contributed by atoms with van der Waals surface area (Å²) in [5, 5.41) is 2.76. The first-order valence-electron chi connectivity index (χ1n) is 18.3. The van der Waals surface area contributed by atoms with Crippen LogP contribution in [-0.2, 0) is 29.5 Å². The minimum Gasteiger partial charge on any atom is -0.494 e. The van der Waals surface area contributed by atoms with Crippen LogP contribution in [0, 0.1) is 0 Å². The summed E-state index contributed by atoms with van der Waals surface area (Å²) in [4.78, 5) is 14.8. The molecule has 0 saturated heterocycles. The maximum atomic E-state index is 13.8. The molecule has 0 bridgehead atoms. The van der Waals surface area contributed by atoms with Crippen molar-refractivity contribution >= 4 is 17.5 Å². The Hall–Kier alpha value is -3.81. The van der Waals surface area contributed by atoms with E-state index in [9.17, 15) is 18.0 Å². The van der Waals surface area contributed by atoms with E-state index in [1.54, 1.807) is 6.07 Å². The second-order valence-electron chi connectivity index (χ2n) is 13.4. The monoisotopic (exact) mass is 720 g/mol. The van der Waals surface area contributed by atoms with E-state index in [0.29, 0.717) is 37.4 Å². The van der Waals surface area contributed by atoms with Crippen LogP contribution in [0.5, 0.6) is 5.75 Å². The number of unbranched alkanes of at least 4 members (excludes halogenated alkanes) is 7. The van der Waals surface area contributed by atoms with Gasteiger partial charge in [0, 0.05) is 19.6 Å². The van der Waals surface area contributed by atoms with Crippen LogP contribution in [0.1, 0.15) is 99.5 Å². The molecule has 0 unspecified atom stereocenters. The van der Waals surface area contributed by atoms with Gasteiger partial charge in [0.05, 0.1) is 29.2 Å². The molecule has 4 aromatic carbocycles. The van der Waals surface area contributed by atoms with Crippen LogP contribution in [0.2, 0.25) is 5.02 Å². The van der Waals surface area contributed by atoms with Gasteiger partial charge in [-0.15, -0.1) is 0 Å². The minimum atomic E-state index is -4.56. The first-order valence-corrected chi connectivity index (χ1v) is 18.7. The highest BCUT2D eigenvalue weighted by Gasteiger charge is 2.38. The summed E-state index contributed by atoms with van der Waals surface area (Å²) in [5.74, 6) is 0.671. The van der Waals surface area contributed by atoms with Crippen molar-refractivity contribution in [2.75, 3.05) is 19.7 Å². The van der Waals surface area contributed by atoms with Crippen molar-refractivity contribution in [1.29, 1.82) is 0 Å². The van der Waals surface area contributed by atoms with Crippen LogP contribution in [0.15, 0.2) is 103 Å². The number of nitrogens with zero attached hydrogens (tertiary/aromatic N) is 1. The van der Waals surface area contributed by atoms with Gasteiger partial charge in [-0.1, -0.05) is 148 Å². The molecule has 0 spiro atoms. The number of hydrogen-bond acceptors (Lipinski definition) is 3. The SMILES string of the molecule is CCCCCCCCCCNC(=O)Cc1cccc(OCCCN(Cc2cccc(C(F)(F)F)c2Cl)C(C)(c2ccccc2)c2ccccc2)c1. The molecular weight excluding hydrogens is 669 g/mol. The molecule has 0 atom stereocenters. The molecule has 274 valence electrons. The van der Waals surface area contributed by atoms with Crippen LogP contribution in [0.25, 0.3) is 0 Å². The summed E-state index contributed by atoms with van der Waals surface area (Å²) in [6.07, 6.45) is 6.11. The maximum Gasteiger partial charge on any atom is 0.417 e. The van der Waals surface area contributed by atoms with E-state index >= 15 is 0 Å². The smallest absolute Gasteiger partial charge is 0.417 e. The average Bonchev–Trinajstić information content (AvgIpc) is 3.13. The number of alkyl halides is 3. The lowest BCUT2D eigenvalue weighted by molar-refractivity contribution is -0.137. The standard InChI is InChI=1S/C43H52ClF3N2O2/c1-3-4-5-6-7-8-9-16-28-48-40(50)32-34-20-17-26-38(31-34)51-30-19-29-49(33-35-21-18-27-39(41(35)44)43(45,46)47)42(2,36-22-12-10-13-23-36)37-24-14-11-15-25-37/h10-15,17-18,20-27,31H,3-9,16,19,28-30,32-33H2,1-2H3,(H,48,50). The number of carbonyl (C=O) groups is 1. The maximum absolute atomic E-state index is 13.8. The lowest BCUT2D eigenvalue weighted by Gasteiger charge is -2.43. The average molecular weight is 721 g/mol. The van der Waals surface area contributed by atoms with E-state index in [4.69, 9.17) is 16.3 Å². The fourth-order valence-corrected chi connectivity index (χ4v) is 6.86. The lowest BCUT2D eigenvalue weighted by atomic mass is 9.82. The van der Waals surface area contributed by atoms with Gasteiger partial charge in [-0.05, 0) is 60.2 Å². The Morgan fingerprint density at radius 1 is 0.765 bits per heavy atom. The number of halogens is 4. The minimum absolute atomic E-state index is 0.0000930. The number of ether oxygens (including phenoxy) is 1. The summed E-state index contributed by atoms with van der Waals surface area (Å²) < 4.78 is 47.7. The molecule has 1 amide bonds. The lowest BCUT2D eigenvalue weighted by Crippen LogP contribution is -2.45. The van der Waals surface area contributed by atoms with Gasteiger partial charge in [-0.2, -0.15) is 13.2 Å². The molecule has 0 saturated carbocycles. The second-order valence-corrected chi connectivity index (χ2v) is 13.7. The van der Waals surface area contributed by atoms with Gasteiger partial charge in [-0.25, -0.2) is 0 Å². The molecule has 0 aliphatic carbocycles. The first-order chi connectivity index (χ1) is 24.6. The molecule has 1 N–H and O–H groups in total. The van der Waals surface area contributed by atoms with E-state index in [1.807, 2.05) is 84.9 Å². The zero-order valence-electron chi connectivity index (χ0n) is 30.0. The number of amides is 1. The normalized spacial score (nSPS) is 11.9. The van der Waals surface area contributed by atoms with Crippen LogP contribution < -0.4 is 10.1 Å². The molecule has 0 fully saturated rings. The molecule has 4 aromatic rings. The van der Waals surface area contributed by atoms with Crippen molar-refractivity contribution in [2.45, 2.75) is 96.3 Å². The van der Waals surface area contributed by atoms with Crippen molar-refractivity contribution in [1.82, 2.24) is 10.2 Å². The van der Waals surface area contributed by atoms with E-state index in [1.165, 1.54) is 44.6 Å². The molecule has 4 nitrogen and oxygen atoms in total. The van der Waals surface area contributed by atoms with Crippen molar-refractivity contribution in [2.24, 2.45) is 0 Å². The van der Waals surface area contributed by atoms with Crippen LogP contribution in [0.4, 0.5) is 13.2 Å². The van der Waals surface area contributed by atoms with Gasteiger partial charge in [0.2, 0.25) is 5.91 Å². The highest BCUT2D eigenvalue weighted by atomic mass is 35.5. The molecule has 0 aromatic heterocycles. The third kappa shape index (κ3) is 12.1. The Balaban J connectivity index is 1.41. The topological polar surface area (TPSA) is 41.6 Å². The zero-order valence-corrected chi connectivity index (χ0v) is 30.7. The van der Waals surface area contributed by atoms with Crippen molar-refractivity contribution in [3.8, 4) is 5.75 Å². The van der Waals surface area contributed by atoms with Gasteiger partial charge in [0.25, 0.3) is 0 Å². The number of rotatable bonds is 21. The number of benzene rings is 4. The number of carbonyl (C=O) groups excluding carboxylic acids is 1. The van der Waals surface area contributed by atoms with Gasteiger partial charge in [0.1, 0.15) is 5.75 Å². The number of hydrogen-bond donors (Lipinski definition) is 1. The van der Waals surface area contributed by atoms with Crippen LogP contribution in [-0.4, -0.2) is 30.5 Å². The summed E-state index contributed by atoms with van der Waals surface area (Å²) in [6.45, 7) is 6.09. The Bertz CT molecular complexity index is 1580. The Kier molecular flexibility index (Phi) is 15.9. The molecule has 0 radical (unpaired) electrons. The van der Waals surface area contributed by atoms with Crippen molar-refractivity contribution < 1.29 is 22.7 Å². The summed E-state index contributed by atoms with van der Waals surface area (Å²) in [7, 11) is 0. The van der Waals surface area contributed by atoms with Gasteiger partial charge < -0.3 is 10.1 Å². The highest BCUT2D eigenvalue weighted by Crippen LogP contribution is 2.40. The van der Waals surface area contributed by atoms with Gasteiger partial charge in [-0.3, -0.25) is 9.69 Å². The third-order valence-electron chi connectivity index (χ3n) is 9.51. The molecular formula is C43H52ClF3N2O2. The first kappa shape index (κ1) is 40.0. The second kappa shape index (κ2) is 20.3. The fourth-order valence-electron chi connectivity index (χ4n) is 6.57. The van der Waals surface area contributed by atoms with E-state index in [0.717, 1.165) is 35.6 Å². The molecule has 8 heteroatoms. The third-order valence-corrected chi connectivity index (χ3v) is 9.95. The van der Waals surface area contributed by atoms with Crippen LogP contribution >= 0.6 is 11.6 Å². The molecule has 0 aliphatic heterocycles. The Labute approximate surface area is 307 Å². The predicted molar refractivity (Wildman–Crippen MR) is 202 cm³/mol. The molecule has 0 aliphatic rings. The van der Waals surface area contributed by atoms with E-state index in [-0.39, 0.29) is 23.9 Å². The van der Waals surface area contributed by atoms with Gasteiger partial charge >= 0.3 is 6.18 Å². The predicted octanol–water partition coefficient (Wildman–Crippen LogP) is 11.4. The zero-order chi connectivity index (χ0) is 36.5. The summed E-state index contributed by atoms with van der Waals surface area (Å²) in [6, 6.07) is 31.6. The number of nitrogens with one attached hydrogen (secondary N) is 1. The molecule has 51 heavy (non-hydrogen) atoms. The quantitative estimate of drug-likeness (QED) is 0.0871. The van der Waals surface area contributed by atoms with E-state index < -0.39 is 17.3 Å². The highest BCUT2D eigenvalue weighted by molar-refractivity contribution is 6.32. The summed E-state index contributed by atoms with van der Waals surface area (Å²) in [5.41, 5.74) is 1.76. The largest absolute Gasteiger partial charge is 0.494 e. The molecule has 0 heterocycles. The molecule has 4 rings (SSSR count). The van der Waals surface area contributed by atoms with Gasteiger partial charge in [0.15, 0.2) is 0 Å². The Morgan fingerprint density at radius 2 is 1.37 bits per heavy atom. The van der Waals surface area contributed by atoms with Crippen LogP contribution in [0.3, 0.4) is 0 Å². The van der Waals surface area contributed by atoms with Crippen molar-refractivity contribution in [3.05, 3.63) is 136 Å².